The van der Waals surface area contributed by atoms with Crippen molar-refractivity contribution in [3.8, 4) is 0 Å². The van der Waals surface area contributed by atoms with Crippen LogP contribution in [-0.4, -0.2) is 54.8 Å². The summed E-state index contributed by atoms with van der Waals surface area (Å²) in [5.41, 5.74) is -18.2. The highest BCUT2D eigenvalue weighted by molar-refractivity contribution is 8.00. The fourth-order valence-electron chi connectivity index (χ4n) is 0.403. The number of rotatable bonds is 5. The molecule has 0 aliphatic rings. The van der Waals surface area contributed by atoms with E-state index in [1.54, 1.807) is 0 Å². The molecule has 0 aromatic heterocycles. The van der Waals surface area contributed by atoms with Crippen molar-refractivity contribution in [1.29, 1.82) is 0 Å². The molecule has 0 aromatic carbocycles. The first-order valence-electron chi connectivity index (χ1n) is 4.95. The van der Waals surface area contributed by atoms with Gasteiger partial charge in [0.25, 0.3) is 6.43 Å². The predicted molar refractivity (Wildman–Crippen MR) is 58.0 cm³/mol. The molecular formula is C5H3F11O8S3. The molecule has 0 amide bonds. The molecule has 0 unspecified atom stereocenters. The van der Waals surface area contributed by atoms with E-state index in [9.17, 15) is 73.5 Å². The van der Waals surface area contributed by atoms with Crippen LogP contribution in [0.3, 0.4) is 0 Å². The Labute approximate surface area is 142 Å². The molecule has 0 bridgehead atoms. The molecule has 0 aliphatic carbocycles. The second-order valence-corrected chi connectivity index (χ2v) is 8.34. The van der Waals surface area contributed by atoms with Crippen LogP contribution < -0.4 is 0 Å². The second-order valence-electron chi connectivity index (χ2n) is 3.44. The molecule has 27 heavy (non-hydrogen) atoms. The SMILES string of the molecule is O=S(=O)(OCC(F)F)C(F)(F)F.O=S(=O)(OS(=O)(=O)C(F)(F)F)C(F)(F)F. The largest absolute Gasteiger partial charge is 0.524 e. The van der Waals surface area contributed by atoms with Gasteiger partial charge in [-0.3, -0.25) is 4.18 Å². The summed E-state index contributed by atoms with van der Waals surface area (Å²) in [6.45, 7) is -1.79. The average Bonchev–Trinajstić information content (AvgIpc) is 2.31. The van der Waals surface area contributed by atoms with E-state index in [1.165, 1.54) is 0 Å². The molecular weight excluding hydrogens is 493 g/mol. The van der Waals surface area contributed by atoms with Crippen molar-refractivity contribution in [2.45, 2.75) is 23.0 Å². The molecule has 0 atom stereocenters. The fraction of sp³-hybridized carbons (Fsp3) is 1.00. The third-order valence-corrected chi connectivity index (χ3v) is 4.96. The van der Waals surface area contributed by atoms with Crippen molar-refractivity contribution in [1.82, 2.24) is 0 Å². The highest BCUT2D eigenvalue weighted by atomic mass is 32.3. The standard InChI is InChI=1S/C3H3F5O3S.C2F6O5S2/c4-2(5)1-11-12(9,10)3(6,7)8;3-1(4,5)14(9,10)13-15(11,12)2(6,7)8/h2H,1H2;. The van der Waals surface area contributed by atoms with Gasteiger partial charge in [0.2, 0.25) is 0 Å². The van der Waals surface area contributed by atoms with E-state index in [4.69, 9.17) is 0 Å². The van der Waals surface area contributed by atoms with Crippen molar-refractivity contribution < 1.29 is 81.4 Å². The minimum atomic E-state index is -6.85. The van der Waals surface area contributed by atoms with E-state index in [0.29, 0.717) is 0 Å². The van der Waals surface area contributed by atoms with Crippen LogP contribution in [0.4, 0.5) is 48.3 Å². The number of hydrogen-bond acceptors (Lipinski definition) is 8. The van der Waals surface area contributed by atoms with Crippen LogP contribution in [0.1, 0.15) is 0 Å². The van der Waals surface area contributed by atoms with Gasteiger partial charge in [-0.15, -0.1) is 3.63 Å². The van der Waals surface area contributed by atoms with Gasteiger partial charge in [-0.1, -0.05) is 0 Å². The van der Waals surface area contributed by atoms with Crippen LogP contribution in [0.2, 0.25) is 0 Å². The van der Waals surface area contributed by atoms with E-state index in [0.717, 1.165) is 0 Å². The van der Waals surface area contributed by atoms with Crippen LogP contribution in [0.15, 0.2) is 0 Å². The third kappa shape index (κ3) is 9.16. The zero-order valence-electron chi connectivity index (χ0n) is 11.4. The number of alkyl halides is 11. The Morgan fingerprint density at radius 2 is 0.852 bits per heavy atom. The maximum absolute atomic E-state index is 11.4. The highest BCUT2D eigenvalue weighted by Crippen LogP contribution is 2.32. The zero-order valence-corrected chi connectivity index (χ0v) is 13.9. The maximum Gasteiger partial charge on any atom is 0.524 e. The molecule has 0 spiro atoms. The minimum absolute atomic E-state index is 1.79. The summed E-state index contributed by atoms with van der Waals surface area (Å²) in [5.74, 6) is 0. The van der Waals surface area contributed by atoms with Crippen LogP contribution in [0, 0.1) is 0 Å². The molecule has 22 heteroatoms. The molecule has 0 fully saturated rings. The summed E-state index contributed by atoms with van der Waals surface area (Å²) in [6.07, 6.45) is -3.26. The molecule has 0 heterocycles. The lowest BCUT2D eigenvalue weighted by atomic mass is 10.8. The summed E-state index contributed by atoms with van der Waals surface area (Å²) in [4.78, 5) is 0. The molecule has 0 saturated heterocycles. The molecule has 8 nitrogen and oxygen atoms in total. The van der Waals surface area contributed by atoms with Crippen molar-refractivity contribution in [3.63, 3.8) is 0 Å². The second kappa shape index (κ2) is 8.57. The van der Waals surface area contributed by atoms with E-state index in [-0.39, 0.29) is 0 Å². The van der Waals surface area contributed by atoms with E-state index in [2.05, 4.69) is 4.18 Å². The fourth-order valence-corrected chi connectivity index (χ4v) is 2.38. The van der Waals surface area contributed by atoms with E-state index >= 15 is 0 Å². The topological polar surface area (TPSA) is 121 Å². The third-order valence-electron chi connectivity index (χ3n) is 1.38. The van der Waals surface area contributed by atoms with Crippen LogP contribution in [0.5, 0.6) is 0 Å². The number of hydrogen-bond donors (Lipinski definition) is 0. The summed E-state index contributed by atoms with van der Waals surface area (Å²) >= 11 is 0. The normalized spacial score (nSPS) is 14.7. The van der Waals surface area contributed by atoms with Crippen LogP contribution in [-0.2, 0) is 38.2 Å². The first kappa shape index (κ1) is 28.2. The van der Waals surface area contributed by atoms with Crippen LogP contribution in [0.25, 0.3) is 0 Å². The first-order chi connectivity index (χ1) is 11.4. The highest BCUT2D eigenvalue weighted by Gasteiger charge is 2.57. The van der Waals surface area contributed by atoms with Gasteiger partial charge in [-0.05, 0) is 0 Å². The van der Waals surface area contributed by atoms with Gasteiger partial charge in [0.1, 0.15) is 6.61 Å². The Balaban J connectivity index is 0. The van der Waals surface area contributed by atoms with Gasteiger partial charge in [-0.25, -0.2) is 8.78 Å². The summed E-state index contributed by atoms with van der Waals surface area (Å²) in [6, 6.07) is 0. The molecule has 0 aliphatic heterocycles. The zero-order chi connectivity index (χ0) is 22.7. The average molecular weight is 496 g/mol. The van der Waals surface area contributed by atoms with E-state index < -0.39 is 59.9 Å². The summed E-state index contributed by atoms with van der Waals surface area (Å²) in [7, 11) is -19.6. The number of halogens is 11. The molecule has 0 aromatic rings. The lowest BCUT2D eigenvalue weighted by Gasteiger charge is -2.09. The lowest BCUT2D eigenvalue weighted by molar-refractivity contribution is -0.0588. The monoisotopic (exact) mass is 496 g/mol. The molecule has 0 N–H and O–H groups in total. The Kier molecular flexibility index (Phi) is 8.95. The smallest absolute Gasteiger partial charge is 0.257 e. The van der Waals surface area contributed by atoms with Gasteiger partial charge >= 0.3 is 46.9 Å². The molecule has 166 valence electrons. The first-order valence-corrected chi connectivity index (χ1v) is 9.17. The van der Waals surface area contributed by atoms with Gasteiger partial charge < -0.3 is 0 Å². The molecule has 0 saturated carbocycles. The predicted octanol–water partition coefficient (Wildman–Crippen LogP) is 1.82. The Hall–Kier alpha value is -1.00. The summed E-state index contributed by atoms with van der Waals surface area (Å²) < 4.78 is 189. The maximum atomic E-state index is 11.4. The van der Waals surface area contributed by atoms with Gasteiger partial charge in [0.05, 0.1) is 0 Å². The van der Waals surface area contributed by atoms with Gasteiger partial charge in [-0.2, -0.15) is 64.8 Å². The Morgan fingerprint density at radius 3 is 1.04 bits per heavy atom. The van der Waals surface area contributed by atoms with Crippen molar-refractivity contribution in [3.05, 3.63) is 0 Å². The van der Waals surface area contributed by atoms with Crippen molar-refractivity contribution >= 4 is 30.4 Å². The Bertz CT molecular complexity index is 742. The quantitative estimate of drug-likeness (QED) is 0.321. The summed E-state index contributed by atoms with van der Waals surface area (Å²) in [5, 5.41) is 0. The Morgan fingerprint density at radius 1 is 0.593 bits per heavy atom. The van der Waals surface area contributed by atoms with Gasteiger partial charge in [0.15, 0.2) is 0 Å². The lowest BCUT2D eigenvalue weighted by Crippen LogP contribution is -2.34. The molecule has 0 radical (unpaired) electrons. The van der Waals surface area contributed by atoms with Crippen molar-refractivity contribution in [2.24, 2.45) is 0 Å². The van der Waals surface area contributed by atoms with E-state index in [1.807, 2.05) is 3.63 Å². The molecule has 0 rings (SSSR count). The van der Waals surface area contributed by atoms with Crippen molar-refractivity contribution in [2.75, 3.05) is 6.61 Å². The minimum Gasteiger partial charge on any atom is -0.257 e. The van der Waals surface area contributed by atoms with Gasteiger partial charge in [0, 0.05) is 0 Å². The van der Waals surface area contributed by atoms with Crippen LogP contribution >= 0.6 is 0 Å².